The molecule has 5 heteroatoms. The summed E-state index contributed by atoms with van der Waals surface area (Å²) in [5.74, 6) is 0. The molecular weight excluding hydrogens is 260 g/mol. The predicted molar refractivity (Wildman–Crippen MR) is 79.6 cm³/mol. The average molecular weight is 282 g/mol. The van der Waals surface area contributed by atoms with Crippen molar-refractivity contribution in [3.05, 3.63) is 35.4 Å². The fraction of sp³-hybridized carbons (Fsp3) is 0.429. The molecule has 0 saturated carbocycles. The first-order valence-electron chi connectivity index (χ1n) is 6.21. The number of rotatable bonds is 5. The molecule has 0 bridgehead atoms. The van der Waals surface area contributed by atoms with Crippen molar-refractivity contribution < 1.29 is 8.42 Å². The monoisotopic (exact) mass is 282 g/mol. The highest BCUT2D eigenvalue weighted by molar-refractivity contribution is 7.89. The van der Waals surface area contributed by atoms with E-state index < -0.39 is 10.0 Å². The highest BCUT2D eigenvalue weighted by Crippen LogP contribution is 2.26. The van der Waals surface area contributed by atoms with E-state index in [4.69, 9.17) is 5.73 Å². The van der Waals surface area contributed by atoms with E-state index in [1.54, 1.807) is 19.1 Å². The first kappa shape index (κ1) is 15.7. The van der Waals surface area contributed by atoms with Gasteiger partial charge >= 0.3 is 0 Å². The van der Waals surface area contributed by atoms with Crippen molar-refractivity contribution in [2.75, 3.05) is 18.8 Å². The van der Waals surface area contributed by atoms with Crippen LogP contribution in [0.3, 0.4) is 0 Å². The molecule has 0 aliphatic heterocycles. The van der Waals surface area contributed by atoms with Crippen LogP contribution in [0.25, 0.3) is 0 Å². The minimum atomic E-state index is -3.57. The quantitative estimate of drug-likeness (QED) is 0.666. The van der Waals surface area contributed by atoms with Crippen LogP contribution in [0.15, 0.2) is 29.2 Å². The number of hydrogen-bond acceptors (Lipinski definition) is 3. The number of likely N-dealkylation sites (N-methyl/N-ethyl adjacent to an activating group) is 1. The molecule has 0 atom stereocenters. The van der Waals surface area contributed by atoms with E-state index in [1.165, 1.54) is 4.31 Å². The minimum Gasteiger partial charge on any atom is -0.398 e. The summed E-state index contributed by atoms with van der Waals surface area (Å²) in [6.45, 7) is 11.9. The van der Waals surface area contributed by atoms with Crippen molar-refractivity contribution in [2.24, 2.45) is 0 Å². The number of nitrogen functional groups attached to an aromatic ring is 1. The normalized spacial score (nSPS) is 11.8. The van der Waals surface area contributed by atoms with E-state index in [0.29, 0.717) is 18.8 Å². The molecule has 0 unspecified atom stereocenters. The molecular formula is C14H22N2O2S. The van der Waals surface area contributed by atoms with Gasteiger partial charge in [0.2, 0.25) is 10.0 Å². The lowest BCUT2D eigenvalue weighted by molar-refractivity contribution is 0.453. The van der Waals surface area contributed by atoms with Gasteiger partial charge in [-0.05, 0) is 44.0 Å². The third kappa shape index (κ3) is 3.36. The zero-order valence-corrected chi connectivity index (χ0v) is 12.8. The molecule has 0 aliphatic rings. The standard InChI is InChI=1S/C14H22N2O2S/c1-6-16(9-10(2)3)19(17,18)14-8-12(5)11(4)7-13(14)15/h7-8H,2,6,9,15H2,1,3-5H3. The van der Waals surface area contributed by atoms with Gasteiger partial charge in [-0.2, -0.15) is 4.31 Å². The lowest BCUT2D eigenvalue weighted by atomic mass is 10.1. The minimum absolute atomic E-state index is 0.179. The molecule has 0 radical (unpaired) electrons. The van der Waals surface area contributed by atoms with E-state index in [2.05, 4.69) is 6.58 Å². The Labute approximate surface area is 116 Å². The number of hydrogen-bond donors (Lipinski definition) is 1. The highest BCUT2D eigenvalue weighted by atomic mass is 32.2. The van der Waals surface area contributed by atoms with Crippen LogP contribution in [-0.4, -0.2) is 25.8 Å². The van der Waals surface area contributed by atoms with Crippen molar-refractivity contribution in [1.29, 1.82) is 0 Å². The number of sulfonamides is 1. The molecule has 1 rings (SSSR count). The van der Waals surface area contributed by atoms with Gasteiger partial charge in [-0.3, -0.25) is 0 Å². The molecule has 19 heavy (non-hydrogen) atoms. The smallest absolute Gasteiger partial charge is 0.245 e. The third-order valence-electron chi connectivity index (χ3n) is 3.04. The van der Waals surface area contributed by atoms with Gasteiger partial charge in [0.15, 0.2) is 0 Å². The van der Waals surface area contributed by atoms with Crippen molar-refractivity contribution >= 4 is 15.7 Å². The molecule has 0 aromatic heterocycles. The number of anilines is 1. The molecule has 1 aromatic rings. The zero-order valence-electron chi connectivity index (χ0n) is 12.0. The Kier molecular flexibility index (Phi) is 4.76. The van der Waals surface area contributed by atoms with Crippen LogP contribution in [0.1, 0.15) is 25.0 Å². The van der Waals surface area contributed by atoms with Crippen LogP contribution in [0.5, 0.6) is 0 Å². The van der Waals surface area contributed by atoms with Gasteiger partial charge < -0.3 is 5.73 Å². The van der Waals surface area contributed by atoms with Crippen LogP contribution < -0.4 is 5.73 Å². The first-order valence-corrected chi connectivity index (χ1v) is 7.65. The lowest BCUT2D eigenvalue weighted by Gasteiger charge is -2.22. The Morgan fingerprint density at radius 3 is 2.32 bits per heavy atom. The maximum Gasteiger partial charge on any atom is 0.245 e. The SMILES string of the molecule is C=C(C)CN(CC)S(=O)(=O)c1cc(C)c(C)cc1N. The molecule has 106 valence electrons. The van der Waals surface area contributed by atoms with Crippen molar-refractivity contribution in [3.63, 3.8) is 0 Å². The summed E-state index contributed by atoms with van der Waals surface area (Å²) in [4.78, 5) is 0.179. The number of nitrogens with two attached hydrogens (primary N) is 1. The van der Waals surface area contributed by atoms with Gasteiger partial charge in [0.1, 0.15) is 4.90 Å². The zero-order chi connectivity index (χ0) is 14.8. The van der Waals surface area contributed by atoms with Crippen LogP contribution in [0.2, 0.25) is 0 Å². The maximum absolute atomic E-state index is 12.6. The average Bonchev–Trinajstić information content (AvgIpc) is 2.30. The molecule has 0 amide bonds. The van der Waals surface area contributed by atoms with Crippen molar-refractivity contribution in [3.8, 4) is 0 Å². The van der Waals surface area contributed by atoms with Crippen LogP contribution in [0.4, 0.5) is 5.69 Å². The number of benzene rings is 1. The second-order valence-corrected chi connectivity index (χ2v) is 6.77. The van der Waals surface area contributed by atoms with Crippen LogP contribution >= 0.6 is 0 Å². The largest absolute Gasteiger partial charge is 0.398 e. The van der Waals surface area contributed by atoms with E-state index >= 15 is 0 Å². The first-order chi connectivity index (χ1) is 8.70. The lowest BCUT2D eigenvalue weighted by Crippen LogP contribution is -2.32. The number of aryl methyl sites for hydroxylation is 2. The molecule has 2 N–H and O–H groups in total. The van der Waals surface area contributed by atoms with Gasteiger partial charge in [-0.15, -0.1) is 0 Å². The van der Waals surface area contributed by atoms with E-state index in [9.17, 15) is 8.42 Å². The topological polar surface area (TPSA) is 63.4 Å². The van der Waals surface area contributed by atoms with Gasteiger partial charge in [0.25, 0.3) is 0 Å². The summed E-state index contributed by atoms with van der Waals surface area (Å²) in [5.41, 5.74) is 8.87. The molecule has 0 spiro atoms. The van der Waals surface area contributed by atoms with Crippen molar-refractivity contribution in [1.82, 2.24) is 4.31 Å². The third-order valence-corrected chi connectivity index (χ3v) is 5.02. The Balaban J connectivity index is 3.33. The van der Waals surface area contributed by atoms with Gasteiger partial charge in [0.05, 0.1) is 5.69 Å². The predicted octanol–water partition coefficient (Wildman–Crippen LogP) is 2.47. The second-order valence-electron chi connectivity index (χ2n) is 4.86. The Hall–Kier alpha value is -1.33. The van der Waals surface area contributed by atoms with E-state index in [1.807, 2.05) is 20.8 Å². The fourth-order valence-corrected chi connectivity index (χ4v) is 3.53. The van der Waals surface area contributed by atoms with Crippen LogP contribution in [0, 0.1) is 13.8 Å². The summed E-state index contributed by atoms with van der Waals surface area (Å²) in [5, 5.41) is 0. The summed E-state index contributed by atoms with van der Waals surface area (Å²) in [6, 6.07) is 3.35. The highest BCUT2D eigenvalue weighted by Gasteiger charge is 2.25. The summed E-state index contributed by atoms with van der Waals surface area (Å²) in [6.07, 6.45) is 0. The maximum atomic E-state index is 12.6. The molecule has 0 heterocycles. The van der Waals surface area contributed by atoms with Gasteiger partial charge in [-0.1, -0.05) is 19.1 Å². The Bertz CT molecular complexity index is 592. The number of nitrogens with zero attached hydrogens (tertiary/aromatic N) is 1. The summed E-state index contributed by atoms with van der Waals surface area (Å²) < 4.78 is 26.6. The summed E-state index contributed by atoms with van der Waals surface area (Å²) >= 11 is 0. The molecule has 1 aromatic carbocycles. The van der Waals surface area contributed by atoms with E-state index in [0.717, 1.165) is 16.7 Å². The van der Waals surface area contributed by atoms with E-state index in [-0.39, 0.29) is 4.90 Å². The molecule has 0 aliphatic carbocycles. The Morgan fingerprint density at radius 1 is 1.32 bits per heavy atom. The molecule has 0 saturated heterocycles. The van der Waals surface area contributed by atoms with Gasteiger partial charge in [0, 0.05) is 13.1 Å². The molecule has 0 fully saturated rings. The Morgan fingerprint density at radius 2 is 1.84 bits per heavy atom. The fourth-order valence-electron chi connectivity index (χ4n) is 1.84. The summed E-state index contributed by atoms with van der Waals surface area (Å²) in [7, 11) is -3.57. The molecule has 4 nitrogen and oxygen atoms in total. The van der Waals surface area contributed by atoms with Gasteiger partial charge in [-0.25, -0.2) is 8.42 Å². The van der Waals surface area contributed by atoms with Crippen LogP contribution in [-0.2, 0) is 10.0 Å². The second kappa shape index (κ2) is 5.75. The van der Waals surface area contributed by atoms with Crippen molar-refractivity contribution in [2.45, 2.75) is 32.6 Å².